The summed E-state index contributed by atoms with van der Waals surface area (Å²) in [5.41, 5.74) is -5.14. The Labute approximate surface area is 198 Å². The van der Waals surface area contributed by atoms with Gasteiger partial charge >= 0.3 is 0 Å². The summed E-state index contributed by atoms with van der Waals surface area (Å²) in [6.07, 6.45) is -2.41. The van der Waals surface area contributed by atoms with Gasteiger partial charge in [0.15, 0.2) is 40.2 Å². The van der Waals surface area contributed by atoms with Gasteiger partial charge in [0.25, 0.3) is 0 Å². The highest BCUT2D eigenvalue weighted by Crippen LogP contribution is 2.46. The number of nitrogens with zero attached hydrogens (tertiary/aromatic N) is 4. The number of aromatic nitrogens is 4. The van der Waals surface area contributed by atoms with Crippen LogP contribution in [0.25, 0.3) is 11.2 Å². The first-order valence-electron chi connectivity index (χ1n) is 10.5. The Balaban J connectivity index is 2.01. The monoisotopic (exact) mass is 485 g/mol. The minimum atomic E-state index is -2.82. The van der Waals surface area contributed by atoms with Gasteiger partial charge in [0.05, 0.1) is 6.61 Å². The second-order valence-corrected chi connectivity index (χ2v) is 8.22. The minimum absolute atomic E-state index is 0.0203. The van der Waals surface area contributed by atoms with Crippen molar-refractivity contribution in [2.24, 2.45) is 0 Å². The lowest BCUT2D eigenvalue weighted by Gasteiger charge is -2.38. The highest BCUT2D eigenvalue weighted by Gasteiger charge is 2.72. The number of fused-ring (bicyclic) bond motifs is 1. The number of ketones is 3. The summed E-state index contributed by atoms with van der Waals surface area (Å²) in [5, 5.41) is 44.5. The van der Waals surface area contributed by atoms with Gasteiger partial charge < -0.3 is 30.5 Å². The Bertz CT molecular complexity index is 1360. The van der Waals surface area contributed by atoms with E-state index in [0.29, 0.717) is 5.69 Å². The predicted octanol–water partition coefficient (Wildman–Crippen LogP) is -0.208. The van der Waals surface area contributed by atoms with Crippen LogP contribution in [0.2, 0.25) is 0 Å². The van der Waals surface area contributed by atoms with Crippen LogP contribution in [0.4, 0.5) is 11.5 Å². The number of phenols is 1. The third-order valence-corrected chi connectivity index (χ3v) is 5.97. The van der Waals surface area contributed by atoms with Gasteiger partial charge in [0.1, 0.15) is 24.3 Å². The van der Waals surface area contributed by atoms with Crippen LogP contribution in [-0.2, 0) is 20.1 Å². The van der Waals surface area contributed by atoms with Crippen molar-refractivity contribution in [1.82, 2.24) is 19.5 Å². The first-order valence-corrected chi connectivity index (χ1v) is 10.5. The first kappa shape index (κ1) is 24.3. The number of aliphatic hydroxyl groups excluding tert-OH is 2. The molecule has 3 aromatic rings. The van der Waals surface area contributed by atoms with E-state index in [-0.39, 0.29) is 28.6 Å². The van der Waals surface area contributed by atoms with Gasteiger partial charge in [0, 0.05) is 18.7 Å². The van der Waals surface area contributed by atoms with Crippen molar-refractivity contribution in [2.75, 3.05) is 11.9 Å². The van der Waals surface area contributed by atoms with E-state index in [0.717, 1.165) is 24.7 Å². The SMILES string of the molecule is CC(=O)c1nc(Nc2cccc(O)c2)c2ncn([C@]3(C(C)=O)O[C@H](CO)[C@@H](O)[C@]3(O)C(C)=O)c2n1. The molecule has 4 atom stereocenters. The molecule has 3 heterocycles. The van der Waals surface area contributed by atoms with E-state index in [1.165, 1.54) is 19.1 Å². The molecule has 0 aliphatic carbocycles. The normalized spacial score (nSPS) is 26.1. The maximum atomic E-state index is 13.0. The maximum absolute atomic E-state index is 13.0. The molecule has 1 aliphatic rings. The zero-order valence-corrected chi connectivity index (χ0v) is 19.0. The fourth-order valence-electron chi connectivity index (χ4n) is 4.28. The number of aliphatic hydroxyl groups is 3. The number of benzene rings is 1. The van der Waals surface area contributed by atoms with Crippen molar-refractivity contribution in [2.45, 2.75) is 44.3 Å². The molecule has 1 aromatic carbocycles. The number of carbonyl (C=O) groups is 3. The molecule has 0 unspecified atom stereocenters. The zero-order chi connectivity index (χ0) is 25.7. The maximum Gasteiger partial charge on any atom is 0.246 e. The molecule has 0 saturated carbocycles. The largest absolute Gasteiger partial charge is 0.508 e. The van der Waals surface area contributed by atoms with Gasteiger partial charge in [0.2, 0.25) is 11.3 Å². The molecule has 13 nitrogen and oxygen atoms in total. The topological polar surface area (TPSA) is 197 Å². The Morgan fingerprint density at radius 1 is 1.17 bits per heavy atom. The number of Topliss-reactive ketones (excluding diaryl/α,β-unsaturated/α-hetero) is 3. The van der Waals surface area contributed by atoms with Crippen molar-refractivity contribution >= 4 is 40.0 Å². The quantitative estimate of drug-likeness (QED) is 0.277. The fraction of sp³-hybridized carbons (Fsp3) is 0.364. The van der Waals surface area contributed by atoms with Crippen molar-refractivity contribution in [1.29, 1.82) is 0 Å². The molecule has 0 spiro atoms. The molecule has 0 amide bonds. The average molecular weight is 485 g/mol. The summed E-state index contributed by atoms with van der Waals surface area (Å²) in [6, 6.07) is 6.04. The number of ether oxygens (including phenoxy) is 1. The number of nitrogens with one attached hydrogen (secondary N) is 1. The molecule has 184 valence electrons. The van der Waals surface area contributed by atoms with E-state index in [1.807, 2.05) is 0 Å². The molecule has 0 radical (unpaired) electrons. The fourth-order valence-corrected chi connectivity index (χ4v) is 4.28. The number of carbonyl (C=O) groups excluding carboxylic acids is 3. The lowest BCUT2D eigenvalue weighted by molar-refractivity contribution is -0.199. The van der Waals surface area contributed by atoms with E-state index in [4.69, 9.17) is 4.74 Å². The Morgan fingerprint density at radius 3 is 2.46 bits per heavy atom. The summed E-state index contributed by atoms with van der Waals surface area (Å²) in [5.74, 6) is -2.75. The Hall–Kier alpha value is -3.78. The predicted molar refractivity (Wildman–Crippen MR) is 119 cm³/mol. The molecule has 4 rings (SSSR count). The molecule has 1 aliphatic heterocycles. The Morgan fingerprint density at radius 2 is 1.89 bits per heavy atom. The molecule has 2 aromatic heterocycles. The second kappa shape index (κ2) is 8.46. The third-order valence-electron chi connectivity index (χ3n) is 5.97. The van der Waals surface area contributed by atoms with Crippen LogP contribution in [0.15, 0.2) is 30.6 Å². The van der Waals surface area contributed by atoms with Crippen LogP contribution in [0.5, 0.6) is 5.75 Å². The summed E-state index contributed by atoms with van der Waals surface area (Å²) >= 11 is 0. The zero-order valence-electron chi connectivity index (χ0n) is 19.0. The van der Waals surface area contributed by atoms with Crippen LogP contribution < -0.4 is 5.32 Å². The molecule has 13 heteroatoms. The van der Waals surface area contributed by atoms with E-state index in [1.54, 1.807) is 12.1 Å². The van der Waals surface area contributed by atoms with Crippen molar-refractivity contribution in [3.63, 3.8) is 0 Å². The van der Waals surface area contributed by atoms with Crippen molar-refractivity contribution < 1.29 is 39.5 Å². The number of hydrogen-bond donors (Lipinski definition) is 5. The number of aromatic hydroxyl groups is 1. The molecular formula is C22H23N5O8. The number of hydrogen-bond acceptors (Lipinski definition) is 12. The van der Waals surface area contributed by atoms with Crippen molar-refractivity contribution in [3.05, 3.63) is 36.4 Å². The van der Waals surface area contributed by atoms with E-state index in [9.17, 15) is 34.8 Å². The van der Waals surface area contributed by atoms with Gasteiger partial charge in [-0.1, -0.05) is 6.07 Å². The van der Waals surface area contributed by atoms with Crippen LogP contribution in [0.3, 0.4) is 0 Å². The van der Waals surface area contributed by atoms with E-state index < -0.39 is 47.5 Å². The van der Waals surface area contributed by atoms with E-state index in [2.05, 4.69) is 20.3 Å². The summed E-state index contributed by atoms with van der Waals surface area (Å²) in [7, 11) is 0. The average Bonchev–Trinajstić information content (AvgIpc) is 3.32. The lowest BCUT2D eigenvalue weighted by Crippen LogP contribution is -2.65. The molecule has 1 fully saturated rings. The molecular weight excluding hydrogens is 462 g/mol. The summed E-state index contributed by atoms with van der Waals surface area (Å²) in [6.45, 7) is 2.40. The Kier molecular flexibility index (Phi) is 5.89. The highest BCUT2D eigenvalue weighted by atomic mass is 16.6. The third kappa shape index (κ3) is 3.47. The molecule has 1 saturated heterocycles. The van der Waals surface area contributed by atoms with Crippen LogP contribution in [0.1, 0.15) is 31.4 Å². The van der Waals surface area contributed by atoms with Gasteiger partial charge in [-0.3, -0.25) is 19.0 Å². The second-order valence-electron chi connectivity index (χ2n) is 8.22. The smallest absolute Gasteiger partial charge is 0.246 e. The minimum Gasteiger partial charge on any atom is -0.508 e. The van der Waals surface area contributed by atoms with Gasteiger partial charge in [-0.15, -0.1) is 0 Å². The standard InChI is InChI=1S/C22H23N5O8/c1-10(29)18-25-19(24-13-5-4-6-14(32)7-13)16-20(26-18)27(9-23-16)22(12(3)31)21(34,11(2)30)17(33)15(8-28)35-22/h4-7,9,15,17,28,32-34H,8H2,1-3H3,(H,24,25,26)/t15-,17-,21-,22-/m1/s1. The van der Waals surface area contributed by atoms with Gasteiger partial charge in [-0.25, -0.2) is 15.0 Å². The van der Waals surface area contributed by atoms with Crippen LogP contribution >= 0.6 is 0 Å². The van der Waals surface area contributed by atoms with Crippen LogP contribution in [0, 0.1) is 0 Å². The number of anilines is 2. The van der Waals surface area contributed by atoms with Gasteiger partial charge in [-0.2, -0.15) is 0 Å². The highest BCUT2D eigenvalue weighted by molar-refractivity contribution is 5.99. The summed E-state index contributed by atoms with van der Waals surface area (Å²) in [4.78, 5) is 50.4. The molecule has 0 bridgehead atoms. The van der Waals surface area contributed by atoms with Crippen molar-refractivity contribution in [3.8, 4) is 5.75 Å². The molecule has 5 N–H and O–H groups in total. The van der Waals surface area contributed by atoms with E-state index >= 15 is 0 Å². The first-order chi connectivity index (χ1) is 16.5. The lowest BCUT2D eigenvalue weighted by atomic mass is 9.80. The molecule has 35 heavy (non-hydrogen) atoms. The number of imidazole rings is 1. The summed E-state index contributed by atoms with van der Waals surface area (Å²) < 4.78 is 6.63. The van der Waals surface area contributed by atoms with Crippen LogP contribution in [-0.4, -0.2) is 81.7 Å². The number of phenolic OH excluding ortho intramolecular Hbond substituents is 1. The van der Waals surface area contributed by atoms with Gasteiger partial charge in [-0.05, 0) is 26.0 Å². The number of rotatable bonds is 7.